The van der Waals surface area contributed by atoms with Crippen LogP contribution < -0.4 is 0 Å². The molecule has 126 valence electrons. The molecule has 0 amide bonds. The number of fused-ring (bicyclic) bond motifs is 1. The average molecular weight is 403 g/mol. The van der Waals surface area contributed by atoms with Crippen LogP contribution in [0, 0.1) is 6.92 Å². The van der Waals surface area contributed by atoms with Crippen LogP contribution in [-0.2, 0) is 4.57 Å². The summed E-state index contributed by atoms with van der Waals surface area (Å²) in [6, 6.07) is 9.26. The highest BCUT2D eigenvalue weighted by Gasteiger charge is 2.16. The van der Waals surface area contributed by atoms with E-state index in [2.05, 4.69) is 9.97 Å². The fourth-order valence-electron chi connectivity index (χ4n) is 2.25. The number of halogens is 2. The van der Waals surface area contributed by atoms with Gasteiger partial charge in [-0.25, -0.2) is 4.98 Å². The third-order valence-corrected chi connectivity index (χ3v) is 6.45. The largest absolute Gasteiger partial charge is 0.335 e. The Morgan fingerprint density at radius 2 is 1.96 bits per heavy atom. The summed E-state index contributed by atoms with van der Waals surface area (Å²) in [5, 5.41) is 1.68. The van der Waals surface area contributed by atoms with E-state index < -0.39 is 7.60 Å². The van der Waals surface area contributed by atoms with E-state index in [-0.39, 0.29) is 5.49 Å². The maximum atomic E-state index is 11.0. The van der Waals surface area contributed by atoms with Gasteiger partial charge in [-0.15, -0.1) is 0 Å². The molecular formula is C15H13Cl2N2O3PS. The van der Waals surface area contributed by atoms with Gasteiger partial charge in [0.15, 0.2) is 5.16 Å². The quantitative estimate of drug-likeness (QED) is 0.418. The first-order chi connectivity index (χ1) is 11.2. The van der Waals surface area contributed by atoms with Crippen LogP contribution in [0.15, 0.2) is 35.5 Å². The zero-order chi connectivity index (χ0) is 17.5. The van der Waals surface area contributed by atoms with Gasteiger partial charge >= 0.3 is 7.60 Å². The summed E-state index contributed by atoms with van der Waals surface area (Å²) in [5.74, 6) is 0. The molecule has 0 fully saturated rings. The van der Waals surface area contributed by atoms with Gasteiger partial charge in [0.25, 0.3) is 0 Å². The third kappa shape index (κ3) is 3.97. The molecule has 24 heavy (non-hydrogen) atoms. The van der Waals surface area contributed by atoms with Gasteiger partial charge in [-0.1, -0.05) is 41.0 Å². The van der Waals surface area contributed by atoms with E-state index in [4.69, 9.17) is 33.0 Å². The normalized spacial score (nSPS) is 12.0. The van der Waals surface area contributed by atoms with Crippen LogP contribution in [-0.4, -0.2) is 25.2 Å². The van der Waals surface area contributed by atoms with Gasteiger partial charge in [-0.05, 0) is 42.3 Å². The zero-order valence-electron chi connectivity index (χ0n) is 12.5. The number of nitrogens with zero attached hydrogens (tertiary/aromatic N) is 1. The molecule has 0 atom stereocenters. The fraction of sp³-hybridized carbons (Fsp3) is 0.133. The lowest BCUT2D eigenvalue weighted by Gasteiger charge is -2.07. The fourth-order valence-corrected chi connectivity index (χ4v) is 4.15. The Morgan fingerprint density at radius 1 is 1.21 bits per heavy atom. The highest BCUT2D eigenvalue weighted by atomic mass is 35.5. The number of benzene rings is 2. The van der Waals surface area contributed by atoms with Crippen LogP contribution in [0.2, 0.25) is 10.0 Å². The van der Waals surface area contributed by atoms with Crippen LogP contribution >= 0.6 is 42.6 Å². The number of imidazole rings is 1. The van der Waals surface area contributed by atoms with Crippen LogP contribution in [0.4, 0.5) is 0 Å². The molecule has 5 nitrogen and oxygen atoms in total. The van der Waals surface area contributed by atoms with Crippen LogP contribution in [0.25, 0.3) is 22.2 Å². The van der Waals surface area contributed by atoms with Gasteiger partial charge in [0.2, 0.25) is 0 Å². The van der Waals surface area contributed by atoms with Crippen molar-refractivity contribution in [3.63, 3.8) is 0 Å². The molecule has 0 spiro atoms. The lowest BCUT2D eigenvalue weighted by atomic mass is 10.0. The van der Waals surface area contributed by atoms with Gasteiger partial charge in [-0.3, -0.25) is 4.57 Å². The molecule has 0 unspecified atom stereocenters. The Bertz CT molecular complexity index is 971. The maximum Gasteiger partial charge on any atom is 0.335 e. The molecule has 0 bridgehead atoms. The summed E-state index contributed by atoms with van der Waals surface area (Å²) in [6.45, 7) is 1.92. The lowest BCUT2D eigenvalue weighted by Crippen LogP contribution is -1.83. The summed E-state index contributed by atoms with van der Waals surface area (Å²) >= 11 is 13.4. The number of aromatic amines is 1. The van der Waals surface area contributed by atoms with Crippen LogP contribution in [0.1, 0.15) is 5.56 Å². The van der Waals surface area contributed by atoms with Gasteiger partial charge in [-0.2, -0.15) is 0 Å². The SMILES string of the molecule is Cc1cc(-c2cc3nc(SCP(=O)(O)O)[nH]c3cc2Cl)ccc1Cl. The predicted octanol–water partition coefficient (Wildman–Crippen LogP) is 5.07. The second-order valence-corrected chi connectivity index (χ2v) is 9.15. The van der Waals surface area contributed by atoms with E-state index in [1.165, 1.54) is 0 Å². The highest BCUT2D eigenvalue weighted by Crippen LogP contribution is 2.41. The first kappa shape index (κ1) is 17.8. The van der Waals surface area contributed by atoms with Gasteiger partial charge in [0, 0.05) is 10.6 Å². The second-order valence-electron chi connectivity index (χ2n) is 5.29. The minimum Gasteiger partial charge on any atom is -0.333 e. The minimum atomic E-state index is -4.09. The smallest absolute Gasteiger partial charge is 0.333 e. The van der Waals surface area contributed by atoms with Crippen molar-refractivity contribution in [2.75, 3.05) is 5.49 Å². The molecule has 0 saturated heterocycles. The Balaban J connectivity index is 2.00. The summed E-state index contributed by atoms with van der Waals surface area (Å²) < 4.78 is 11.0. The first-order valence-electron chi connectivity index (χ1n) is 6.86. The Morgan fingerprint density at radius 3 is 2.62 bits per heavy atom. The van der Waals surface area contributed by atoms with Gasteiger partial charge in [0.1, 0.15) is 5.49 Å². The molecule has 3 N–H and O–H groups in total. The number of rotatable bonds is 4. The van der Waals surface area contributed by atoms with Crippen LogP contribution in [0.3, 0.4) is 0 Å². The Kier molecular flexibility index (Phi) is 4.98. The molecule has 9 heteroatoms. The molecule has 3 rings (SSSR count). The lowest BCUT2D eigenvalue weighted by molar-refractivity contribution is 0.379. The molecular weight excluding hydrogens is 390 g/mol. The maximum absolute atomic E-state index is 11.0. The van der Waals surface area contributed by atoms with Crippen molar-refractivity contribution < 1.29 is 14.4 Å². The number of thioether (sulfide) groups is 1. The summed E-state index contributed by atoms with van der Waals surface area (Å²) in [7, 11) is -4.09. The number of hydrogen-bond donors (Lipinski definition) is 3. The van der Waals surface area contributed by atoms with Crippen LogP contribution in [0.5, 0.6) is 0 Å². The second kappa shape index (κ2) is 6.71. The Labute approximate surface area is 152 Å². The van der Waals surface area contributed by atoms with Crippen molar-refractivity contribution in [1.29, 1.82) is 0 Å². The van der Waals surface area contributed by atoms with Crippen molar-refractivity contribution in [3.8, 4) is 11.1 Å². The zero-order valence-corrected chi connectivity index (χ0v) is 15.7. The molecule has 0 aliphatic heterocycles. The van der Waals surface area contributed by atoms with E-state index in [0.717, 1.165) is 28.5 Å². The molecule has 1 aromatic heterocycles. The van der Waals surface area contributed by atoms with Crippen molar-refractivity contribution in [3.05, 3.63) is 45.9 Å². The molecule has 0 aliphatic rings. The highest BCUT2D eigenvalue weighted by molar-refractivity contribution is 8.04. The summed E-state index contributed by atoms with van der Waals surface area (Å²) in [5.41, 5.74) is 3.75. The van der Waals surface area contributed by atoms with E-state index in [1.807, 2.05) is 31.2 Å². The van der Waals surface area contributed by atoms with Gasteiger partial charge in [0.05, 0.1) is 16.1 Å². The number of H-pyrrole nitrogens is 1. The van der Waals surface area contributed by atoms with Crippen molar-refractivity contribution >= 4 is 53.6 Å². The molecule has 3 aromatic rings. The number of aryl methyl sites for hydroxylation is 1. The molecule has 1 heterocycles. The van der Waals surface area contributed by atoms with Crippen molar-refractivity contribution in [2.45, 2.75) is 12.1 Å². The first-order valence-corrected chi connectivity index (χ1v) is 10.4. The summed E-state index contributed by atoms with van der Waals surface area (Å²) in [4.78, 5) is 25.3. The number of hydrogen-bond acceptors (Lipinski definition) is 3. The standard InChI is InChI=1S/C15H13Cl2N2O3PS/c1-8-4-9(2-3-11(8)16)10-5-13-14(6-12(10)17)19-15(18-13)24-7-23(20,21)22/h2-6H,7H2,1H3,(H,18,19)(H2,20,21,22). The molecule has 0 saturated carbocycles. The Hall–Kier alpha value is -1.01. The molecule has 0 aliphatic carbocycles. The van der Waals surface area contributed by atoms with E-state index in [1.54, 1.807) is 6.07 Å². The molecule has 2 aromatic carbocycles. The average Bonchev–Trinajstić information content (AvgIpc) is 2.88. The minimum absolute atomic E-state index is 0.330. The monoisotopic (exact) mass is 402 g/mol. The number of aromatic nitrogens is 2. The van der Waals surface area contributed by atoms with Crippen molar-refractivity contribution in [1.82, 2.24) is 9.97 Å². The van der Waals surface area contributed by atoms with Gasteiger partial charge < -0.3 is 14.8 Å². The summed E-state index contributed by atoms with van der Waals surface area (Å²) in [6.07, 6.45) is 0. The van der Waals surface area contributed by atoms with E-state index in [0.29, 0.717) is 26.2 Å². The van der Waals surface area contributed by atoms with E-state index in [9.17, 15) is 4.57 Å². The number of nitrogens with one attached hydrogen (secondary N) is 1. The van der Waals surface area contributed by atoms with Crippen molar-refractivity contribution in [2.24, 2.45) is 0 Å². The topological polar surface area (TPSA) is 86.2 Å². The molecule has 0 radical (unpaired) electrons. The predicted molar refractivity (Wildman–Crippen MR) is 99.1 cm³/mol. The van der Waals surface area contributed by atoms with E-state index >= 15 is 0 Å². The third-order valence-electron chi connectivity index (χ3n) is 3.39.